The lowest BCUT2D eigenvalue weighted by molar-refractivity contribution is 0.383. The number of ether oxygens (including phenoxy) is 1. The van der Waals surface area contributed by atoms with Crippen LogP contribution in [0.15, 0.2) is 22.6 Å². The first kappa shape index (κ1) is 13.4. The molecule has 0 spiro atoms. The van der Waals surface area contributed by atoms with Gasteiger partial charge in [-0.25, -0.2) is 13.8 Å². The molecular formula is C12H11F2N3OS. The highest BCUT2D eigenvalue weighted by Gasteiger charge is 2.12. The largest absolute Gasteiger partial charge is 0.494 e. The van der Waals surface area contributed by atoms with Crippen molar-refractivity contribution in [2.24, 2.45) is 5.10 Å². The highest BCUT2D eigenvalue weighted by atomic mass is 32.1. The SMILES string of the molecule is COc1ccc(F)c(C=NNc2nc(C)cs2)c1F. The van der Waals surface area contributed by atoms with E-state index in [-0.39, 0.29) is 11.3 Å². The Kier molecular flexibility index (Phi) is 4.06. The van der Waals surface area contributed by atoms with E-state index in [1.807, 2.05) is 12.3 Å². The van der Waals surface area contributed by atoms with Gasteiger partial charge in [0.25, 0.3) is 0 Å². The van der Waals surface area contributed by atoms with Crippen molar-refractivity contribution < 1.29 is 13.5 Å². The summed E-state index contributed by atoms with van der Waals surface area (Å²) >= 11 is 1.35. The van der Waals surface area contributed by atoms with Crippen LogP contribution in [0.4, 0.5) is 13.9 Å². The lowest BCUT2D eigenvalue weighted by Gasteiger charge is -2.04. The summed E-state index contributed by atoms with van der Waals surface area (Å²) in [6.07, 6.45) is 1.06. The van der Waals surface area contributed by atoms with E-state index in [1.54, 1.807) is 0 Å². The molecule has 0 fully saturated rings. The Labute approximate surface area is 112 Å². The van der Waals surface area contributed by atoms with Gasteiger partial charge in [0.05, 0.1) is 24.6 Å². The van der Waals surface area contributed by atoms with Crippen LogP contribution in [0.5, 0.6) is 5.75 Å². The van der Waals surface area contributed by atoms with Gasteiger partial charge in [-0.05, 0) is 19.1 Å². The molecule has 0 unspecified atom stereocenters. The number of halogens is 2. The molecule has 1 aromatic heterocycles. The van der Waals surface area contributed by atoms with Crippen LogP contribution in [-0.4, -0.2) is 18.3 Å². The Hall–Kier alpha value is -2.02. The minimum absolute atomic E-state index is 0.0343. The molecule has 0 radical (unpaired) electrons. The molecule has 0 atom stereocenters. The fourth-order valence-electron chi connectivity index (χ4n) is 1.38. The van der Waals surface area contributed by atoms with Crippen LogP contribution in [0.2, 0.25) is 0 Å². The second-order valence-corrected chi connectivity index (χ2v) is 4.50. The average molecular weight is 283 g/mol. The van der Waals surface area contributed by atoms with Crippen LogP contribution in [-0.2, 0) is 0 Å². The first-order valence-electron chi connectivity index (χ1n) is 5.35. The van der Waals surface area contributed by atoms with Gasteiger partial charge in [-0.1, -0.05) is 0 Å². The lowest BCUT2D eigenvalue weighted by atomic mass is 10.2. The van der Waals surface area contributed by atoms with Crippen molar-refractivity contribution in [2.45, 2.75) is 6.92 Å². The molecule has 0 saturated heterocycles. The summed E-state index contributed by atoms with van der Waals surface area (Å²) in [5, 5.41) is 6.15. The molecule has 2 rings (SSSR count). The predicted octanol–water partition coefficient (Wildman–Crippen LogP) is 3.18. The number of thiazole rings is 1. The zero-order valence-electron chi connectivity index (χ0n) is 10.3. The summed E-state index contributed by atoms with van der Waals surface area (Å²) in [7, 11) is 1.31. The van der Waals surface area contributed by atoms with Crippen LogP contribution >= 0.6 is 11.3 Å². The number of methoxy groups -OCH3 is 1. The number of hydrazone groups is 1. The fraction of sp³-hybridized carbons (Fsp3) is 0.167. The third-order valence-corrected chi connectivity index (χ3v) is 3.15. The van der Waals surface area contributed by atoms with E-state index in [0.717, 1.165) is 18.0 Å². The Balaban J connectivity index is 2.18. The number of hydrogen-bond acceptors (Lipinski definition) is 5. The van der Waals surface area contributed by atoms with Crippen molar-refractivity contribution in [2.75, 3.05) is 12.5 Å². The zero-order chi connectivity index (χ0) is 13.8. The van der Waals surface area contributed by atoms with Gasteiger partial charge >= 0.3 is 0 Å². The summed E-state index contributed by atoms with van der Waals surface area (Å²) in [6, 6.07) is 2.34. The van der Waals surface area contributed by atoms with Crippen LogP contribution in [0.3, 0.4) is 0 Å². The monoisotopic (exact) mass is 283 g/mol. The predicted molar refractivity (Wildman–Crippen MR) is 71.0 cm³/mol. The zero-order valence-corrected chi connectivity index (χ0v) is 11.1. The van der Waals surface area contributed by atoms with Crippen molar-refractivity contribution >= 4 is 22.7 Å². The Bertz CT molecular complexity index is 613. The summed E-state index contributed by atoms with van der Waals surface area (Å²) in [5.74, 6) is -1.53. The molecule has 0 saturated carbocycles. The van der Waals surface area contributed by atoms with Crippen molar-refractivity contribution in [3.8, 4) is 5.75 Å². The second-order valence-electron chi connectivity index (χ2n) is 3.64. The van der Waals surface area contributed by atoms with Crippen molar-refractivity contribution in [1.82, 2.24) is 4.98 Å². The molecule has 100 valence electrons. The standard InChI is InChI=1S/C12H11F2N3OS/c1-7-6-19-12(16-7)17-15-5-8-9(13)3-4-10(18-2)11(8)14/h3-6H,1-2H3,(H,16,17). The van der Waals surface area contributed by atoms with E-state index in [9.17, 15) is 8.78 Å². The van der Waals surface area contributed by atoms with Crippen molar-refractivity contribution in [3.63, 3.8) is 0 Å². The third-order valence-electron chi connectivity index (χ3n) is 2.28. The molecule has 1 aromatic carbocycles. The fourth-order valence-corrected chi connectivity index (χ4v) is 2.02. The summed E-state index contributed by atoms with van der Waals surface area (Å²) < 4.78 is 32.0. The van der Waals surface area contributed by atoms with Gasteiger partial charge < -0.3 is 4.74 Å². The lowest BCUT2D eigenvalue weighted by Crippen LogP contribution is -1.99. The van der Waals surface area contributed by atoms with E-state index in [4.69, 9.17) is 4.74 Å². The van der Waals surface area contributed by atoms with Crippen LogP contribution in [0.1, 0.15) is 11.3 Å². The van der Waals surface area contributed by atoms with Gasteiger partial charge in [-0.3, -0.25) is 5.43 Å². The highest BCUT2D eigenvalue weighted by molar-refractivity contribution is 7.13. The number of rotatable bonds is 4. The van der Waals surface area contributed by atoms with Gasteiger partial charge in [-0.2, -0.15) is 5.10 Å². The van der Waals surface area contributed by atoms with Gasteiger partial charge in [0.15, 0.2) is 11.6 Å². The number of hydrogen-bond donors (Lipinski definition) is 1. The molecule has 19 heavy (non-hydrogen) atoms. The van der Waals surface area contributed by atoms with Gasteiger partial charge in [0.1, 0.15) is 5.82 Å². The maximum absolute atomic E-state index is 13.8. The first-order chi connectivity index (χ1) is 9.11. The number of anilines is 1. The van der Waals surface area contributed by atoms with E-state index in [1.165, 1.54) is 24.5 Å². The summed E-state index contributed by atoms with van der Waals surface area (Å²) in [4.78, 5) is 4.10. The smallest absolute Gasteiger partial charge is 0.203 e. The third kappa shape index (κ3) is 3.05. The quantitative estimate of drug-likeness (QED) is 0.692. The number of nitrogens with one attached hydrogen (secondary N) is 1. The van der Waals surface area contributed by atoms with Gasteiger partial charge in [-0.15, -0.1) is 11.3 Å². The highest BCUT2D eigenvalue weighted by Crippen LogP contribution is 2.21. The molecular weight excluding hydrogens is 272 g/mol. The molecule has 0 bridgehead atoms. The number of aromatic nitrogens is 1. The maximum Gasteiger partial charge on any atom is 0.203 e. The normalized spacial score (nSPS) is 10.9. The molecule has 0 aliphatic carbocycles. The molecule has 0 aliphatic rings. The van der Waals surface area contributed by atoms with Crippen LogP contribution in [0, 0.1) is 18.6 Å². The number of benzene rings is 1. The Morgan fingerprint density at radius 2 is 2.21 bits per heavy atom. The molecule has 0 amide bonds. The van der Waals surface area contributed by atoms with Gasteiger partial charge in [0, 0.05) is 5.38 Å². The van der Waals surface area contributed by atoms with E-state index in [0.29, 0.717) is 5.13 Å². The van der Waals surface area contributed by atoms with Crippen LogP contribution < -0.4 is 10.2 Å². The Morgan fingerprint density at radius 3 is 2.84 bits per heavy atom. The molecule has 7 heteroatoms. The molecule has 0 aliphatic heterocycles. The van der Waals surface area contributed by atoms with E-state index in [2.05, 4.69) is 15.5 Å². The summed E-state index contributed by atoms with van der Waals surface area (Å²) in [6.45, 7) is 1.84. The van der Waals surface area contributed by atoms with Gasteiger partial charge in [0.2, 0.25) is 5.13 Å². The van der Waals surface area contributed by atoms with Crippen molar-refractivity contribution in [1.29, 1.82) is 0 Å². The molecule has 2 aromatic rings. The summed E-state index contributed by atoms with van der Waals surface area (Å²) in [5.41, 5.74) is 3.19. The molecule has 4 nitrogen and oxygen atoms in total. The van der Waals surface area contributed by atoms with Crippen molar-refractivity contribution in [3.05, 3.63) is 40.4 Å². The first-order valence-corrected chi connectivity index (χ1v) is 6.23. The minimum Gasteiger partial charge on any atom is -0.494 e. The number of nitrogens with zero attached hydrogens (tertiary/aromatic N) is 2. The van der Waals surface area contributed by atoms with E-state index >= 15 is 0 Å². The number of aryl methyl sites for hydroxylation is 1. The average Bonchev–Trinajstić information content (AvgIpc) is 2.79. The molecule has 1 N–H and O–H groups in total. The molecule has 1 heterocycles. The maximum atomic E-state index is 13.8. The topological polar surface area (TPSA) is 46.5 Å². The minimum atomic E-state index is -0.789. The van der Waals surface area contributed by atoms with Crippen LogP contribution in [0.25, 0.3) is 0 Å². The van der Waals surface area contributed by atoms with E-state index < -0.39 is 11.6 Å². The second kappa shape index (κ2) is 5.75. The Morgan fingerprint density at radius 1 is 1.42 bits per heavy atom.